The highest BCUT2D eigenvalue weighted by molar-refractivity contribution is 9.10. The van der Waals surface area contributed by atoms with Crippen molar-refractivity contribution in [1.82, 2.24) is 0 Å². The number of hydrogen-bond donors (Lipinski definition) is 1. The highest BCUT2D eigenvalue weighted by Crippen LogP contribution is 2.43. The van der Waals surface area contributed by atoms with Crippen molar-refractivity contribution < 1.29 is 19.4 Å². The van der Waals surface area contributed by atoms with Crippen molar-refractivity contribution in [2.24, 2.45) is 0 Å². The van der Waals surface area contributed by atoms with Gasteiger partial charge >= 0.3 is 0 Å². The molecule has 0 radical (unpaired) electrons. The molecule has 0 saturated heterocycles. The number of ketones is 1. The third-order valence-electron chi connectivity index (χ3n) is 5.31. The summed E-state index contributed by atoms with van der Waals surface area (Å²) in [6.07, 6.45) is 0.351. The highest BCUT2D eigenvalue weighted by Gasteiger charge is 2.50. The molecule has 6 heteroatoms. The van der Waals surface area contributed by atoms with Crippen LogP contribution in [0.3, 0.4) is 0 Å². The van der Waals surface area contributed by atoms with E-state index in [0.717, 1.165) is 21.0 Å². The predicted octanol–water partition coefficient (Wildman–Crippen LogP) is 4.58. The first kappa shape index (κ1) is 20.6. The average molecular weight is 468 g/mol. The van der Waals surface area contributed by atoms with Gasteiger partial charge < -0.3 is 14.7 Å². The SMILES string of the molecule is CC(=O)CC1(O)C(=O)N(CCCOc2ccc3ccccc3c2)c2ccc(Br)cc21. The number of amides is 1. The van der Waals surface area contributed by atoms with Crippen LogP contribution in [0.15, 0.2) is 65.1 Å². The fourth-order valence-electron chi connectivity index (χ4n) is 3.95. The summed E-state index contributed by atoms with van der Waals surface area (Å²) in [4.78, 5) is 26.3. The van der Waals surface area contributed by atoms with Crippen molar-refractivity contribution in [2.75, 3.05) is 18.1 Å². The smallest absolute Gasteiger partial charge is 0.264 e. The second-order valence-electron chi connectivity index (χ2n) is 7.57. The van der Waals surface area contributed by atoms with Crippen LogP contribution in [0.4, 0.5) is 5.69 Å². The maximum atomic E-state index is 13.0. The van der Waals surface area contributed by atoms with Crippen LogP contribution in [0, 0.1) is 0 Å². The Morgan fingerprint density at radius 3 is 2.63 bits per heavy atom. The fraction of sp³-hybridized carbons (Fsp3) is 0.250. The molecule has 0 saturated carbocycles. The molecule has 4 rings (SSSR count). The monoisotopic (exact) mass is 467 g/mol. The summed E-state index contributed by atoms with van der Waals surface area (Å²) in [7, 11) is 0. The number of anilines is 1. The number of hydrogen-bond acceptors (Lipinski definition) is 4. The first-order valence-electron chi connectivity index (χ1n) is 9.84. The molecule has 3 aromatic rings. The van der Waals surface area contributed by atoms with E-state index in [0.29, 0.717) is 30.8 Å². The molecule has 0 fully saturated rings. The third kappa shape index (κ3) is 3.85. The zero-order valence-corrected chi connectivity index (χ0v) is 18.2. The van der Waals surface area contributed by atoms with Crippen molar-refractivity contribution in [3.05, 3.63) is 70.7 Å². The maximum Gasteiger partial charge on any atom is 0.264 e. The molecule has 154 valence electrons. The lowest BCUT2D eigenvalue weighted by Gasteiger charge is -2.22. The Morgan fingerprint density at radius 2 is 1.87 bits per heavy atom. The van der Waals surface area contributed by atoms with Crippen molar-refractivity contribution in [2.45, 2.75) is 25.4 Å². The van der Waals surface area contributed by atoms with Gasteiger partial charge in [-0.2, -0.15) is 0 Å². The van der Waals surface area contributed by atoms with Crippen LogP contribution in [0.1, 0.15) is 25.3 Å². The van der Waals surface area contributed by atoms with Gasteiger partial charge in [-0.15, -0.1) is 0 Å². The third-order valence-corrected chi connectivity index (χ3v) is 5.81. The molecule has 0 aliphatic carbocycles. The first-order chi connectivity index (χ1) is 14.4. The largest absolute Gasteiger partial charge is 0.494 e. The molecule has 1 atom stereocenters. The Labute approximate surface area is 183 Å². The standard InChI is InChI=1S/C24H22BrNO4/c1-16(27)15-24(29)21-14-19(25)8-10-22(21)26(23(24)28)11-4-12-30-20-9-7-17-5-2-3-6-18(17)13-20/h2-3,5-10,13-14,29H,4,11-12,15H2,1H3. The van der Waals surface area contributed by atoms with Gasteiger partial charge in [0.1, 0.15) is 11.5 Å². The summed E-state index contributed by atoms with van der Waals surface area (Å²) in [5, 5.41) is 13.3. The Hall–Kier alpha value is -2.70. The van der Waals surface area contributed by atoms with Crippen LogP contribution in [0.25, 0.3) is 10.8 Å². The molecule has 1 unspecified atom stereocenters. The number of aliphatic hydroxyl groups is 1. The number of fused-ring (bicyclic) bond motifs is 2. The molecule has 5 nitrogen and oxygen atoms in total. The second-order valence-corrected chi connectivity index (χ2v) is 8.48. The Kier molecular flexibility index (Phi) is 5.62. The molecule has 1 heterocycles. The lowest BCUT2D eigenvalue weighted by molar-refractivity contribution is -0.141. The number of ether oxygens (including phenoxy) is 1. The number of nitrogens with zero attached hydrogens (tertiary/aromatic N) is 1. The molecule has 1 N–H and O–H groups in total. The first-order valence-corrected chi connectivity index (χ1v) is 10.6. The van der Waals surface area contributed by atoms with E-state index in [9.17, 15) is 14.7 Å². The minimum atomic E-state index is -1.82. The summed E-state index contributed by atoms with van der Waals surface area (Å²) >= 11 is 3.38. The summed E-state index contributed by atoms with van der Waals surface area (Å²) in [6, 6.07) is 19.3. The van der Waals surface area contributed by atoms with Gasteiger partial charge in [-0.1, -0.05) is 46.3 Å². The fourth-order valence-corrected chi connectivity index (χ4v) is 4.31. The summed E-state index contributed by atoms with van der Waals surface area (Å²) < 4.78 is 6.62. The molecule has 1 amide bonds. The lowest BCUT2D eigenvalue weighted by Crippen LogP contribution is -2.42. The van der Waals surface area contributed by atoms with Crippen LogP contribution in [0.5, 0.6) is 5.75 Å². The van der Waals surface area contributed by atoms with Crippen LogP contribution >= 0.6 is 15.9 Å². The van der Waals surface area contributed by atoms with E-state index < -0.39 is 11.5 Å². The Balaban J connectivity index is 1.45. The molecular weight excluding hydrogens is 446 g/mol. The Bertz CT molecular complexity index is 1130. The van der Waals surface area contributed by atoms with E-state index in [1.165, 1.54) is 6.92 Å². The van der Waals surface area contributed by atoms with Gasteiger partial charge in [-0.3, -0.25) is 9.59 Å². The predicted molar refractivity (Wildman–Crippen MR) is 120 cm³/mol. The zero-order valence-electron chi connectivity index (χ0n) is 16.6. The number of carbonyl (C=O) groups is 2. The Morgan fingerprint density at radius 1 is 1.10 bits per heavy atom. The number of carbonyl (C=O) groups excluding carboxylic acids is 2. The van der Waals surface area contributed by atoms with Gasteiger partial charge in [0.05, 0.1) is 12.3 Å². The van der Waals surface area contributed by atoms with Crippen molar-refractivity contribution in [1.29, 1.82) is 0 Å². The quantitative estimate of drug-likeness (QED) is 0.516. The van der Waals surface area contributed by atoms with Gasteiger partial charge in [-0.25, -0.2) is 0 Å². The molecule has 0 bridgehead atoms. The number of rotatable bonds is 7. The van der Waals surface area contributed by atoms with Gasteiger partial charge in [0.25, 0.3) is 5.91 Å². The van der Waals surface area contributed by atoms with E-state index in [4.69, 9.17) is 4.74 Å². The van der Waals surface area contributed by atoms with Crippen LogP contribution in [0.2, 0.25) is 0 Å². The highest BCUT2D eigenvalue weighted by atomic mass is 79.9. The summed E-state index contributed by atoms with van der Waals surface area (Å²) in [5.41, 5.74) is -0.713. The minimum absolute atomic E-state index is 0.237. The molecule has 1 aliphatic rings. The lowest BCUT2D eigenvalue weighted by atomic mass is 9.90. The van der Waals surface area contributed by atoms with Crippen molar-refractivity contribution in [3.63, 3.8) is 0 Å². The van der Waals surface area contributed by atoms with E-state index in [1.807, 2.05) is 42.5 Å². The van der Waals surface area contributed by atoms with E-state index in [2.05, 4.69) is 22.0 Å². The van der Waals surface area contributed by atoms with E-state index in [-0.39, 0.29) is 12.2 Å². The number of benzene rings is 3. The van der Waals surface area contributed by atoms with Gasteiger partial charge in [0, 0.05) is 23.0 Å². The normalized spacial score (nSPS) is 18.0. The topological polar surface area (TPSA) is 66.8 Å². The van der Waals surface area contributed by atoms with Crippen molar-refractivity contribution in [3.8, 4) is 5.75 Å². The second kappa shape index (κ2) is 8.20. The van der Waals surface area contributed by atoms with Gasteiger partial charge in [0.2, 0.25) is 0 Å². The van der Waals surface area contributed by atoms with Crippen LogP contribution in [-0.4, -0.2) is 29.9 Å². The van der Waals surface area contributed by atoms with Crippen LogP contribution < -0.4 is 9.64 Å². The molecule has 0 spiro atoms. The number of Topliss-reactive ketones (excluding diaryl/α,β-unsaturated/α-hetero) is 1. The summed E-state index contributed by atoms with van der Waals surface area (Å²) in [6.45, 7) is 2.20. The van der Waals surface area contributed by atoms with Crippen LogP contribution in [-0.2, 0) is 15.2 Å². The maximum absolute atomic E-state index is 13.0. The molecule has 1 aliphatic heterocycles. The molecule has 30 heavy (non-hydrogen) atoms. The summed E-state index contributed by atoms with van der Waals surface area (Å²) in [5.74, 6) is 0.0774. The molecular formula is C24H22BrNO4. The van der Waals surface area contributed by atoms with Gasteiger partial charge in [0.15, 0.2) is 5.60 Å². The van der Waals surface area contributed by atoms with E-state index >= 15 is 0 Å². The van der Waals surface area contributed by atoms with E-state index in [1.54, 1.807) is 17.0 Å². The van der Waals surface area contributed by atoms with Crippen molar-refractivity contribution >= 4 is 44.1 Å². The molecule has 3 aromatic carbocycles. The van der Waals surface area contributed by atoms with Gasteiger partial charge in [-0.05, 0) is 54.4 Å². The zero-order chi connectivity index (χ0) is 21.3. The number of halogens is 1. The average Bonchev–Trinajstić information content (AvgIpc) is 2.91. The molecule has 0 aromatic heterocycles. The minimum Gasteiger partial charge on any atom is -0.494 e.